The average molecular weight is 491 g/mol. The summed E-state index contributed by atoms with van der Waals surface area (Å²) < 4.78 is 7.68. The van der Waals surface area contributed by atoms with Gasteiger partial charge in [0.1, 0.15) is 12.1 Å². The molecule has 3 heterocycles. The molecule has 2 N–H and O–H groups in total. The van der Waals surface area contributed by atoms with Gasteiger partial charge in [-0.25, -0.2) is 4.98 Å². The van der Waals surface area contributed by atoms with Gasteiger partial charge in [-0.15, -0.1) is 0 Å². The number of halogens is 1. The number of aryl methyl sites for hydroxylation is 1. The minimum atomic E-state index is -0.107. The Hall–Kier alpha value is -2.92. The molecule has 0 radical (unpaired) electrons. The van der Waals surface area contributed by atoms with Crippen molar-refractivity contribution in [3.05, 3.63) is 47.4 Å². The van der Waals surface area contributed by atoms with Crippen LogP contribution in [-0.4, -0.2) is 69.2 Å². The summed E-state index contributed by atoms with van der Waals surface area (Å²) in [4.78, 5) is 24.5. The third-order valence-electron chi connectivity index (χ3n) is 4.47. The van der Waals surface area contributed by atoms with Crippen LogP contribution in [-0.2, 0) is 16.1 Å². The van der Waals surface area contributed by atoms with Crippen molar-refractivity contribution in [3.8, 4) is 0 Å². The number of carbonyl (C=O) groups excluding carboxylic acids is 1. The Balaban J connectivity index is 1.55. The molecule has 0 saturated heterocycles. The van der Waals surface area contributed by atoms with Crippen LogP contribution in [0.2, 0.25) is 0 Å². The van der Waals surface area contributed by atoms with Crippen molar-refractivity contribution in [2.24, 2.45) is 0 Å². The monoisotopic (exact) mass is 490 g/mol. The molecule has 0 aromatic carbocycles. The molecule has 1 aliphatic heterocycles. The van der Waals surface area contributed by atoms with E-state index in [1.165, 1.54) is 18.6 Å². The molecule has 0 saturated carbocycles. The molecule has 0 atom stereocenters. The molecule has 3 rings (SSSR count). The maximum absolute atomic E-state index is 11.9. The van der Waals surface area contributed by atoms with Crippen LogP contribution in [0.4, 0.5) is 17.5 Å². The molecule has 0 bridgehead atoms. The topological polar surface area (TPSA) is 100 Å². The second-order valence-corrected chi connectivity index (χ2v) is 8.10. The molecule has 0 unspecified atom stereocenters. The number of rotatable bonds is 10. The van der Waals surface area contributed by atoms with Gasteiger partial charge in [-0.2, -0.15) is 10.1 Å². The molecule has 166 valence electrons. The van der Waals surface area contributed by atoms with Crippen LogP contribution in [0.15, 0.2) is 41.7 Å². The smallest absolute Gasteiger partial charge is 0.253 e. The molecule has 0 spiro atoms. The first-order chi connectivity index (χ1) is 14.9. The molecule has 0 aliphatic carbocycles. The summed E-state index contributed by atoms with van der Waals surface area (Å²) in [5.41, 5.74) is 1.75. The van der Waals surface area contributed by atoms with Crippen LogP contribution in [0.3, 0.4) is 0 Å². The van der Waals surface area contributed by atoms with E-state index < -0.39 is 0 Å². The molecule has 1 amide bonds. The van der Waals surface area contributed by atoms with Gasteiger partial charge in [-0.1, -0.05) is 0 Å². The van der Waals surface area contributed by atoms with Gasteiger partial charge in [-0.3, -0.25) is 9.48 Å². The molecular weight excluding hydrogens is 464 g/mol. The number of aromatic nitrogens is 4. The fraction of sp³-hybridized carbons (Fsp3) is 0.400. The summed E-state index contributed by atoms with van der Waals surface area (Å²) in [7, 11) is 4.07. The van der Waals surface area contributed by atoms with Crippen molar-refractivity contribution in [1.29, 1.82) is 0 Å². The standard InChI is InChI=1S/C20H27BrN8O2/c1-15-17(14-29(26-15)9-8-27(2)3)24-20-23-13-16(21)19(25-20)22-6-4-7-28-10-12-31-11-5-18(28)30/h5,10-14H,4,6-9H2,1-3H3,(H2,22,23,24,25). The highest BCUT2D eigenvalue weighted by Gasteiger charge is 2.11. The lowest BCUT2D eigenvalue weighted by molar-refractivity contribution is -0.123. The average Bonchev–Trinajstić information content (AvgIpc) is 2.94. The number of hydrogen-bond donors (Lipinski definition) is 2. The normalized spacial score (nSPS) is 13.5. The van der Waals surface area contributed by atoms with Gasteiger partial charge in [0.2, 0.25) is 5.95 Å². The number of nitrogens with zero attached hydrogens (tertiary/aromatic N) is 6. The quantitative estimate of drug-likeness (QED) is 0.490. The van der Waals surface area contributed by atoms with Crippen molar-refractivity contribution in [1.82, 2.24) is 29.5 Å². The van der Waals surface area contributed by atoms with Gasteiger partial charge < -0.3 is 25.2 Å². The fourth-order valence-corrected chi connectivity index (χ4v) is 3.12. The summed E-state index contributed by atoms with van der Waals surface area (Å²) in [6.07, 6.45) is 10.3. The molecule has 2 aromatic heterocycles. The van der Waals surface area contributed by atoms with Crippen LogP contribution >= 0.6 is 15.9 Å². The van der Waals surface area contributed by atoms with Crippen LogP contribution < -0.4 is 10.6 Å². The number of carbonyl (C=O) groups is 1. The minimum Gasteiger partial charge on any atom is -0.471 e. The Kier molecular flexibility index (Phi) is 8.01. The molecule has 1 aliphatic rings. The van der Waals surface area contributed by atoms with Gasteiger partial charge in [0.05, 0.1) is 28.7 Å². The van der Waals surface area contributed by atoms with Crippen LogP contribution in [0.25, 0.3) is 0 Å². The second-order valence-electron chi connectivity index (χ2n) is 7.25. The van der Waals surface area contributed by atoms with Gasteiger partial charge >= 0.3 is 0 Å². The highest BCUT2D eigenvalue weighted by atomic mass is 79.9. The molecule has 31 heavy (non-hydrogen) atoms. The van der Waals surface area contributed by atoms with Crippen LogP contribution in [0.5, 0.6) is 0 Å². The van der Waals surface area contributed by atoms with Crippen molar-refractivity contribution in [2.45, 2.75) is 19.9 Å². The van der Waals surface area contributed by atoms with Crippen molar-refractivity contribution in [3.63, 3.8) is 0 Å². The maximum atomic E-state index is 11.9. The lowest BCUT2D eigenvalue weighted by atomic mass is 10.3. The van der Waals surface area contributed by atoms with Crippen molar-refractivity contribution >= 4 is 39.3 Å². The number of ether oxygens (including phenoxy) is 1. The van der Waals surface area contributed by atoms with E-state index in [9.17, 15) is 4.79 Å². The number of hydrogen-bond acceptors (Lipinski definition) is 8. The Morgan fingerprint density at radius 1 is 1.26 bits per heavy atom. The molecule has 11 heteroatoms. The zero-order valence-corrected chi connectivity index (χ0v) is 19.5. The van der Waals surface area contributed by atoms with E-state index in [1.54, 1.807) is 17.3 Å². The number of likely N-dealkylation sites (N-methyl/N-ethyl adjacent to an activating group) is 1. The van der Waals surface area contributed by atoms with E-state index in [0.717, 1.165) is 35.4 Å². The largest absolute Gasteiger partial charge is 0.471 e. The SMILES string of the molecule is Cc1nn(CCN(C)C)cc1Nc1ncc(Br)c(NCCCN2C=COC=CC2=O)n1. The third-order valence-corrected chi connectivity index (χ3v) is 5.05. The Morgan fingerprint density at radius 3 is 2.90 bits per heavy atom. The lowest BCUT2D eigenvalue weighted by Crippen LogP contribution is -2.25. The van der Waals surface area contributed by atoms with Crippen molar-refractivity contribution in [2.75, 3.05) is 44.4 Å². The first-order valence-electron chi connectivity index (χ1n) is 9.94. The number of anilines is 3. The summed E-state index contributed by atoms with van der Waals surface area (Å²) in [6, 6.07) is 0. The molecule has 10 nitrogen and oxygen atoms in total. The van der Waals surface area contributed by atoms with E-state index in [0.29, 0.717) is 24.9 Å². The number of nitrogens with one attached hydrogen (secondary N) is 2. The predicted octanol–water partition coefficient (Wildman–Crippen LogP) is 2.69. The first-order valence-corrected chi connectivity index (χ1v) is 10.7. The van der Waals surface area contributed by atoms with Gasteiger partial charge in [0, 0.05) is 44.3 Å². The third kappa shape index (κ3) is 6.79. The second kappa shape index (κ2) is 10.9. The Bertz CT molecular complexity index is 957. The highest BCUT2D eigenvalue weighted by Crippen LogP contribution is 2.23. The summed E-state index contributed by atoms with van der Waals surface area (Å²) in [5, 5.41) is 11.1. The highest BCUT2D eigenvalue weighted by molar-refractivity contribution is 9.10. The van der Waals surface area contributed by atoms with Crippen LogP contribution in [0.1, 0.15) is 12.1 Å². The van der Waals surface area contributed by atoms with Gasteiger partial charge in [0.25, 0.3) is 5.91 Å². The maximum Gasteiger partial charge on any atom is 0.253 e. The lowest BCUT2D eigenvalue weighted by Gasteiger charge is -2.15. The summed E-state index contributed by atoms with van der Waals surface area (Å²) >= 11 is 3.48. The number of amides is 1. The summed E-state index contributed by atoms with van der Waals surface area (Å²) in [5.74, 6) is 1.05. The Morgan fingerprint density at radius 2 is 2.10 bits per heavy atom. The van der Waals surface area contributed by atoms with E-state index in [2.05, 4.69) is 46.5 Å². The van der Waals surface area contributed by atoms with E-state index in [1.807, 2.05) is 31.9 Å². The van der Waals surface area contributed by atoms with E-state index >= 15 is 0 Å². The van der Waals surface area contributed by atoms with Gasteiger partial charge in [0.15, 0.2) is 0 Å². The zero-order chi connectivity index (χ0) is 22.2. The van der Waals surface area contributed by atoms with Crippen LogP contribution in [0, 0.1) is 6.92 Å². The molecule has 0 fully saturated rings. The zero-order valence-electron chi connectivity index (χ0n) is 17.9. The minimum absolute atomic E-state index is 0.107. The molecular formula is C20H27BrN8O2. The Labute approximate surface area is 190 Å². The van der Waals surface area contributed by atoms with E-state index in [4.69, 9.17) is 4.74 Å². The predicted molar refractivity (Wildman–Crippen MR) is 123 cm³/mol. The first kappa shape index (κ1) is 22.8. The van der Waals surface area contributed by atoms with Crippen molar-refractivity contribution < 1.29 is 9.53 Å². The molecule has 2 aromatic rings. The fourth-order valence-electron chi connectivity index (χ4n) is 2.79. The summed E-state index contributed by atoms with van der Waals surface area (Å²) in [6.45, 7) is 4.87. The van der Waals surface area contributed by atoms with Gasteiger partial charge in [-0.05, 0) is 43.4 Å². The van der Waals surface area contributed by atoms with E-state index in [-0.39, 0.29) is 5.91 Å².